The SMILES string of the molecule is CC[C@H](C)[C@@H]1NC(=O)CCCN(C(=O)[C@H]2Cc3ccccc3CN2)CCn2nc(C)nc2C(Cc2ccccc2)NC1=O. The Hall–Kier alpha value is -4.05. The van der Waals surface area contributed by atoms with Crippen LogP contribution in [0.25, 0.3) is 0 Å². The average Bonchev–Trinajstić information content (AvgIpc) is 3.40. The standard InChI is InChI=1S/C33H43N7O3/c1-4-22(2)30-32(42)36-27(19-24-11-6-5-7-12-24)31-35-23(3)38-40(31)18-17-39(16-10-15-29(41)37-30)33(43)28-20-25-13-8-9-14-26(25)21-34-28/h5-9,11-14,22,27-28,30,34H,4,10,15-21H2,1-3H3,(H,36,42)(H,37,41)/t22-,27?,28+,30-/m0/s1. The van der Waals surface area contributed by atoms with Crippen molar-refractivity contribution in [2.75, 3.05) is 13.1 Å². The van der Waals surface area contributed by atoms with Gasteiger partial charge >= 0.3 is 0 Å². The zero-order chi connectivity index (χ0) is 30.3. The number of hydrogen-bond donors (Lipinski definition) is 3. The van der Waals surface area contributed by atoms with E-state index in [1.54, 1.807) is 0 Å². The highest BCUT2D eigenvalue weighted by Gasteiger charge is 2.32. The Kier molecular flexibility index (Phi) is 9.86. The molecule has 3 N–H and O–H groups in total. The summed E-state index contributed by atoms with van der Waals surface area (Å²) >= 11 is 0. The molecule has 3 heterocycles. The highest BCUT2D eigenvalue weighted by Crippen LogP contribution is 2.21. The molecule has 1 unspecified atom stereocenters. The van der Waals surface area contributed by atoms with Crippen LogP contribution in [0.2, 0.25) is 0 Å². The number of carbonyl (C=O) groups is 3. The molecular formula is C33H43N7O3. The molecule has 228 valence electrons. The first-order valence-electron chi connectivity index (χ1n) is 15.5. The zero-order valence-corrected chi connectivity index (χ0v) is 25.4. The molecule has 0 fully saturated rings. The van der Waals surface area contributed by atoms with Gasteiger partial charge in [0.1, 0.15) is 17.7 Å². The molecular weight excluding hydrogens is 542 g/mol. The van der Waals surface area contributed by atoms with Gasteiger partial charge in [-0.05, 0) is 48.8 Å². The first-order chi connectivity index (χ1) is 20.8. The van der Waals surface area contributed by atoms with E-state index < -0.39 is 12.1 Å². The second-order valence-electron chi connectivity index (χ2n) is 11.8. The molecule has 1 aromatic heterocycles. The number of aryl methyl sites for hydroxylation is 1. The smallest absolute Gasteiger partial charge is 0.243 e. The number of nitrogens with zero attached hydrogens (tertiary/aromatic N) is 4. The molecule has 10 nitrogen and oxygen atoms in total. The van der Waals surface area contributed by atoms with Crippen molar-refractivity contribution in [1.82, 2.24) is 35.6 Å². The molecule has 0 spiro atoms. The molecule has 0 bridgehead atoms. The van der Waals surface area contributed by atoms with Crippen LogP contribution in [0.4, 0.5) is 0 Å². The van der Waals surface area contributed by atoms with Gasteiger partial charge in [0.25, 0.3) is 0 Å². The van der Waals surface area contributed by atoms with E-state index in [1.165, 1.54) is 11.1 Å². The van der Waals surface area contributed by atoms with Crippen molar-refractivity contribution >= 4 is 17.7 Å². The molecule has 0 saturated heterocycles. The van der Waals surface area contributed by atoms with Crippen molar-refractivity contribution in [2.45, 2.75) is 84.1 Å². The Morgan fingerprint density at radius 2 is 1.74 bits per heavy atom. The van der Waals surface area contributed by atoms with Crippen LogP contribution in [0.3, 0.4) is 0 Å². The van der Waals surface area contributed by atoms with E-state index >= 15 is 0 Å². The fourth-order valence-electron chi connectivity index (χ4n) is 5.99. The number of hydrogen-bond acceptors (Lipinski definition) is 6. The summed E-state index contributed by atoms with van der Waals surface area (Å²) in [6.07, 6.45) is 2.60. The minimum Gasteiger partial charge on any atom is -0.344 e. The summed E-state index contributed by atoms with van der Waals surface area (Å²) in [7, 11) is 0. The fourth-order valence-corrected chi connectivity index (χ4v) is 5.99. The lowest BCUT2D eigenvalue weighted by atomic mass is 9.95. The molecule has 43 heavy (non-hydrogen) atoms. The quantitative estimate of drug-likeness (QED) is 0.424. The lowest BCUT2D eigenvalue weighted by molar-refractivity contribution is -0.134. The molecule has 0 aliphatic carbocycles. The van der Waals surface area contributed by atoms with Crippen LogP contribution in [0.5, 0.6) is 0 Å². The molecule has 2 aliphatic rings. The number of nitrogens with one attached hydrogen (secondary N) is 3. The lowest BCUT2D eigenvalue weighted by Gasteiger charge is -2.32. The number of rotatable bonds is 5. The van der Waals surface area contributed by atoms with Crippen LogP contribution in [-0.4, -0.2) is 62.6 Å². The Balaban J connectivity index is 1.44. The van der Waals surface area contributed by atoms with Crippen LogP contribution >= 0.6 is 0 Å². The van der Waals surface area contributed by atoms with Crippen molar-refractivity contribution in [1.29, 1.82) is 0 Å². The van der Waals surface area contributed by atoms with Crippen LogP contribution in [0, 0.1) is 12.8 Å². The van der Waals surface area contributed by atoms with Gasteiger partial charge in [0.2, 0.25) is 17.7 Å². The van der Waals surface area contributed by atoms with E-state index in [1.807, 2.05) is 72.8 Å². The number of amides is 3. The van der Waals surface area contributed by atoms with E-state index in [4.69, 9.17) is 4.98 Å². The van der Waals surface area contributed by atoms with Crippen LogP contribution in [0.15, 0.2) is 54.6 Å². The van der Waals surface area contributed by atoms with Gasteiger partial charge < -0.3 is 20.9 Å². The Morgan fingerprint density at radius 1 is 1.00 bits per heavy atom. The second kappa shape index (κ2) is 13.9. The van der Waals surface area contributed by atoms with Crippen LogP contribution < -0.4 is 16.0 Å². The minimum atomic E-state index is -0.680. The van der Waals surface area contributed by atoms with Gasteiger partial charge in [0, 0.05) is 26.1 Å². The number of aromatic nitrogens is 3. The predicted octanol–water partition coefficient (Wildman–Crippen LogP) is 2.85. The second-order valence-corrected chi connectivity index (χ2v) is 11.8. The summed E-state index contributed by atoms with van der Waals surface area (Å²) in [4.78, 5) is 47.3. The summed E-state index contributed by atoms with van der Waals surface area (Å²) in [5, 5.41) is 14.3. The lowest BCUT2D eigenvalue weighted by Crippen LogP contribution is -2.52. The van der Waals surface area contributed by atoms with Gasteiger partial charge in [-0.1, -0.05) is 74.9 Å². The molecule has 2 aliphatic heterocycles. The third-order valence-electron chi connectivity index (χ3n) is 8.63. The van der Waals surface area contributed by atoms with Crippen molar-refractivity contribution in [3.05, 3.63) is 82.9 Å². The van der Waals surface area contributed by atoms with Crippen molar-refractivity contribution in [2.24, 2.45) is 5.92 Å². The molecule has 0 radical (unpaired) electrons. The first kappa shape index (κ1) is 30.4. The van der Waals surface area contributed by atoms with E-state index in [0.29, 0.717) is 57.1 Å². The number of carbonyl (C=O) groups excluding carboxylic acids is 3. The van der Waals surface area contributed by atoms with Crippen LogP contribution in [-0.2, 0) is 40.3 Å². The third-order valence-corrected chi connectivity index (χ3v) is 8.63. The van der Waals surface area contributed by atoms with Crippen molar-refractivity contribution in [3.63, 3.8) is 0 Å². The maximum absolute atomic E-state index is 13.9. The fraction of sp³-hybridized carbons (Fsp3) is 0.485. The normalized spacial score (nSPS) is 22.4. The Bertz CT molecular complexity index is 1420. The highest BCUT2D eigenvalue weighted by molar-refractivity contribution is 5.88. The molecule has 3 amide bonds. The van der Waals surface area contributed by atoms with Gasteiger partial charge in [-0.2, -0.15) is 5.10 Å². The van der Waals surface area contributed by atoms with E-state index in [0.717, 1.165) is 12.0 Å². The number of benzene rings is 2. The average molecular weight is 586 g/mol. The Labute approximate surface area is 253 Å². The predicted molar refractivity (Wildman–Crippen MR) is 164 cm³/mol. The Morgan fingerprint density at radius 3 is 2.51 bits per heavy atom. The summed E-state index contributed by atoms with van der Waals surface area (Å²) < 4.78 is 1.83. The molecule has 4 atom stereocenters. The van der Waals surface area contributed by atoms with E-state index in [2.05, 4.69) is 33.2 Å². The van der Waals surface area contributed by atoms with Gasteiger partial charge in [0.05, 0.1) is 18.6 Å². The van der Waals surface area contributed by atoms with E-state index in [9.17, 15) is 14.4 Å². The molecule has 0 saturated carbocycles. The van der Waals surface area contributed by atoms with Crippen LogP contribution in [0.1, 0.15) is 67.5 Å². The summed E-state index contributed by atoms with van der Waals surface area (Å²) in [5.41, 5.74) is 3.45. The third kappa shape index (κ3) is 7.48. The van der Waals surface area contributed by atoms with Gasteiger partial charge in [-0.15, -0.1) is 0 Å². The highest BCUT2D eigenvalue weighted by atomic mass is 16.2. The number of fused-ring (bicyclic) bond motifs is 2. The maximum atomic E-state index is 13.9. The summed E-state index contributed by atoms with van der Waals surface area (Å²) in [5.74, 6) is 0.778. The topological polar surface area (TPSA) is 121 Å². The largest absolute Gasteiger partial charge is 0.344 e. The first-order valence-corrected chi connectivity index (χ1v) is 15.5. The maximum Gasteiger partial charge on any atom is 0.243 e. The molecule has 2 aromatic carbocycles. The zero-order valence-electron chi connectivity index (χ0n) is 25.4. The van der Waals surface area contributed by atoms with Gasteiger partial charge in [-0.3, -0.25) is 14.4 Å². The molecule has 10 heteroatoms. The summed E-state index contributed by atoms with van der Waals surface area (Å²) in [6.45, 7) is 7.74. The molecule has 3 aromatic rings. The van der Waals surface area contributed by atoms with E-state index in [-0.39, 0.29) is 36.1 Å². The van der Waals surface area contributed by atoms with Gasteiger partial charge in [-0.25, -0.2) is 9.67 Å². The minimum absolute atomic E-state index is 0.0204. The summed E-state index contributed by atoms with van der Waals surface area (Å²) in [6, 6.07) is 16.7. The molecule has 5 rings (SSSR count). The van der Waals surface area contributed by atoms with Gasteiger partial charge in [0.15, 0.2) is 0 Å². The van der Waals surface area contributed by atoms with Crippen molar-refractivity contribution in [3.8, 4) is 0 Å². The van der Waals surface area contributed by atoms with Crippen molar-refractivity contribution < 1.29 is 14.4 Å². The monoisotopic (exact) mass is 585 g/mol.